The van der Waals surface area contributed by atoms with Crippen LogP contribution in [0, 0.1) is 5.92 Å². The number of aromatic nitrogens is 1. The molecule has 0 spiro atoms. The molecule has 1 aliphatic rings. The molecule has 6 heteroatoms. The van der Waals surface area contributed by atoms with Crippen LogP contribution in [0.1, 0.15) is 19.8 Å². The van der Waals surface area contributed by atoms with Crippen LogP contribution < -0.4 is 0 Å². The standard InChI is InChI=1S/C11H15ClN2O2S/c1-2-14(8-9-5-6-9)17(15,16)10-4-3-7-13-11(10)12/h3-4,7,9H,2,5-6,8H2,1H3. The van der Waals surface area contributed by atoms with Crippen LogP contribution in [0.4, 0.5) is 0 Å². The van der Waals surface area contributed by atoms with Crippen molar-refractivity contribution in [2.45, 2.75) is 24.7 Å². The maximum Gasteiger partial charge on any atom is 0.246 e. The van der Waals surface area contributed by atoms with Crippen LogP contribution >= 0.6 is 11.6 Å². The van der Waals surface area contributed by atoms with Gasteiger partial charge in [-0.15, -0.1) is 0 Å². The Bertz CT molecular complexity index is 500. The number of hydrogen-bond acceptors (Lipinski definition) is 3. The molecule has 17 heavy (non-hydrogen) atoms. The van der Waals surface area contributed by atoms with Crippen LogP contribution in [0.25, 0.3) is 0 Å². The summed E-state index contributed by atoms with van der Waals surface area (Å²) in [6.45, 7) is 2.89. The van der Waals surface area contributed by atoms with Crippen LogP contribution in [0.5, 0.6) is 0 Å². The zero-order chi connectivity index (χ0) is 12.5. The zero-order valence-corrected chi connectivity index (χ0v) is 11.2. The highest BCUT2D eigenvalue weighted by molar-refractivity contribution is 7.89. The van der Waals surface area contributed by atoms with Gasteiger partial charge in [0, 0.05) is 19.3 Å². The zero-order valence-electron chi connectivity index (χ0n) is 9.63. The molecular formula is C11H15ClN2O2S. The highest BCUT2D eigenvalue weighted by Crippen LogP contribution is 2.32. The third-order valence-electron chi connectivity index (χ3n) is 2.85. The second-order valence-corrected chi connectivity index (χ2v) is 6.46. The third-order valence-corrected chi connectivity index (χ3v) is 5.24. The largest absolute Gasteiger partial charge is 0.246 e. The molecule has 1 aromatic heterocycles. The lowest BCUT2D eigenvalue weighted by Crippen LogP contribution is -2.33. The summed E-state index contributed by atoms with van der Waals surface area (Å²) in [5, 5.41) is 0.0433. The molecule has 1 fully saturated rings. The Balaban J connectivity index is 2.30. The van der Waals surface area contributed by atoms with E-state index in [2.05, 4.69) is 4.98 Å². The summed E-state index contributed by atoms with van der Waals surface area (Å²) in [4.78, 5) is 3.92. The lowest BCUT2D eigenvalue weighted by Gasteiger charge is -2.20. The molecule has 0 radical (unpaired) electrons. The molecule has 0 atom stereocenters. The first-order valence-electron chi connectivity index (χ1n) is 5.66. The SMILES string of the molecule is CCN(CC1CC1)S(=O)(=O)c1cccnc1Cl. The van der Waals surface area contributed by atoms with Crippen LogP contribution in [-0.2, 0) is 10.0 Å². The average molecular weight is 275 g/mol. The molecule has 0 unspecified atom stereocenters. The minimum atomic E-state index is -3.50. The lowest BCUT2D eigenvalue weighted by molar-refractivity contribution is 0.412. The predicted octanol–water partition coefficient (Wildman–Crippen LogP) is 2.16. The summed E-state index contributed by atoms with van der Waals surface area (Å²) in [5.41, 5.74) is 0. The summed E-state index contributed by atoms with van der Waals surface area (Å²) in [7, 11) is -3.50. The van der Waals surface area contributed by atoms with E-state index in [4.69, 9.17) is 11.6 Å². The molecule has 0 saturated heterocycles. The molecule has 0 bridgehead atoms. The molecule has 1 heterocycles. The van der Waals surface area contributed by atoms with Crippen molar-refractivity contribution >= 4 is 21.6 Å². The fourth-order valence-electron chi connectivity index (χ4n) is 1.69. The number of rotatable bonds is 5. The van der Waals surface area contributed by atoms with Crippen molar-refractivity contribution in [1.29, 1.82) is 0 Å². The Morgan fingerprint density at radius 2 is 2.24 bits per heavy atom. The van der Waals surface area contributed by atoms with E-state index in [0.717, 1.165) is 12.8 Å². The molecule has 2 rings (SSSR count). The molecule has 0 N–H and O–H groups in total. The Kier molecular flexibility index (Phi) is 3.70. The summed E-state index contributed by atoms with van der Waals surface area (Å²) >= 11 is 5.85. The second-order valence-electron chi connectivity index (χ2n) is 4.19. The molecule has 0 aromatic carbocycles. The molecule has 0 amide bonds. The van der Waals surface area contributed by atoms with E-state index in [1.54, 1.807) is 6.07 Å². The summed E-state index contributed by atoms with van der Waals surface area (Å²) in [6.07, 6.45) is 3.72. The van der Waals surface area contributed by atoms with E-state index < -0.39 is 10.0 Å². The van der Waals surface area contributed by atoms with E-state index >= 15 is 0 Å². The molecule has 1 saturated carbocycles. The van der Waals surface area contributed by atoms with Crippen molar-refractivity contribution in [3.05, 3.63) is 23.5 Å². The minimum Gasteiger partial charge on any atom is -0.243 e. The van der Waals surface area contributed by atoms with E-state index in [1.165, 1.54) is 16.6 Å². The quantitative estimate of drug-likeness (QED) is 0.773. The van der Waals surface area contributed by atoms with Gasteiger partial charge in [-0.05, 0) is 30.9 Å². The van der Waals surface area contributed by atoms with Crippen molar-refractivity contribution < 1.29 is 8.42 Å². The van der Waals surface area contributed by atoms with Crippen molar-refractivity contribution in [2.24, 2.45) is 5.92 Å². The second kappa shape index (κ2) is 4.92. The topological polar surface area (TPSA) is 50.3 Å². The van der Waals surface area contributed by atoms with Gasteiger partial charge in [0.15, 0.2) is 0 Å². The van der Waals surface area contributed by atoms with Gasteiger partial charge >= 0.3 is 0 Å². The predicted molar refractivity (Wildman–Crippen MR) is 66.4 cm³/mol. The minimum absolute atomic E-state index is 0.0433. The van der Waals surface area contributed by atoms with Crippen LogP contribution in [0.2, 0.25) is 5.15 Å². The molecule has 1 aromatic rings. The molecule has 94 valence electrons. The Morgan fingerprint density at radius 3 is 2.76 bits per heavy atom. The van der Waals surface area contributed by atoms with Crippen LogP contribution in [-0.4, -0.2) is 30.8 Å². The van der Waals surface area contributed by atoms with E-state index in [9.17, 15) is 8.42 Å². The van der Waals surface area contributed by atoms with Crippen molar-refractivity contribution in [1.82, 2.24) is 9.29 Å². The smallest absolute Gasteiger partial charge is 0.243 e. The summed E-state index contributed by atoms with van der Waals surface area (Å²) < 4.78 is 26.2. The van der Waals surface area contributed by atoms with Crippen molar-refractivity contribution in [3.63, 3.8) is 0 Å². The Morgan fingerprint density at radius 1 is 1.53 bits per heavy atom. The Labute approximate surface area is 107 Å². The van der Waals surface area contributed by atoms with Crippen LogP contribution in [0.15, 0.2) is 23.2 Å². The van der Waals surface area contributed by atoms with Gasteiger partial charge in [0.1, 0.15) is 10.0 Å². The number of hydrogen-bond donors (Lipinski definition) is 0. The fraction of sp³-hybridized carbons (Fsp3) is 0.545. The van der Waals surface area contributed by atoms with Gasteiger partial charge in [-0.2, -0.15) is 4.31 Å². The lowest BCUT2D eigenvalue weighted by atomic mass is 10.4. The van der Waals surface area contributed by atoms with E-state index in [0.29, 0.717) is 19.0 Å². The highest BCUT2D eigenvalue weighted by atomic mass is 35.5. The number of pyridine rings is 1. The highest BCUT2D eigenvalue weighted by Gasteiger charge is 2.31. The van der Waals surface area contributed by atoms with E-state index in [-0.39, 0.29) is 10.0 Å². The number of halogens is 1. The molecule has 1 aliphatic carbocycles. The van der Waals surface area contributed by atoms with Gasteiger partial charge in [0.05, 0.1) is 0 Å². The van der Waals surface area contributed by atoms with Crippen molar-refractivity contribution in [2.75, 3.05) is 13.1 Å². The number of nitrogens with zero attached hydrogens (tertiary/aromatic N) is 2. The molecular weight excluding hydrogens is 260 g/mol. The van der Waals surface area contributed by atoms with Gasteiger partial charge in [0.2, 0.25) is 10.0 Å². The van der Waals surface area contributed by atoms with Crippen molar-refractivity contribution in [3.8, 4) is 0 Å². The van der Waals surface area contributed by atoms with Crippen LogP contribution in [0.3, 0.4) is 0 Å². The number of sulfonamides is 1. The van der Waals surface area contributed by atoms with Gasteiger partial charge in [-0.3, -0.25) is 0 Å². The average Bonchev–Trinajstić information content (AvgIpc) is 3.09. The maximum atomic E-state index is 12.3. The Hall–Kier alpha value is -0.650. The van der Waals surface area contributed by atoms with Gasteiger partial charge in [0.25, 0.3) is 0 Å². The first-order chi connectivity index (χ1) is 8.05. The third kappa shape index (κ3) is 2.78. The normalized spacial score (nSPS) is 16.4. The first-order valence-corrected chi connectivity index (χ1v) is 7.48. The summed E-state index contributed by atoms with van der Waals surface area (Å²) in [6, 6.07) is 3.09. The first kappa shape index (κ1) is 12.8. The van der Waals surface area contributed by atoms with E-state index in [1.807, 2.05) is 6.92 Å². The van der Waals surface area contributed by atoms with Gasteiger partial charge in [-0.25, -0.2) is 13.4 Å². The molecule has 0 aliphatic heterocycles. The monoisotopic (exact) mass is 274 g/mol. The van der Waals surface area contributed by atoms with Gasteiger partial charge < -0.3 is 0 Å². The summed E-state index contributed by atoms with van der Waals surface area (Å²) in [5.74, 6) is 0.514. The molecule has 4 nitrogen and oxygen atoms in total. The fourth-order valence-corrected chi connectivity index (χ4v) is 3.64. The maximum absolute atomic E-state index is 12.3. The van der Waals surface area contributed by atoms with Gasteiger partial charge in [-0.1, -0.05) is 18.5 Å².